The van der Waals surface area contributed by atoms with Crippen LogP contribution in [0.25, 0.3) is 0 Å². The van der Waals surface area contributed by atoms with Crippen LogP contribution in [0.15, 0.2) is 18.3 Å². The molecule has 2 fully saturated rings. The highest BCUT2D eigenvalue weighted by atomic mass is 35.5. The van der Waals surface area contributed by atoms with E-state index in [1.807, 2.05) is 6.07 Å². The summed E-state index contributed by atoms with van der Waals surface area (Å²) in [7, 11) is 0. The van der Waals surface area contributed by atoms with Crippen molar-refractivity contribution >= 4 is 18.1 Å². The van der Waals surface area contributed by atoms with E-state index in [9.17, 15) is 0 Å². The molecular formula is C13H20ClN3O2. The van der Waals surface area contributed by atoms with Crippen LogP contribution in [0.5, 0.6) is 5.88 Å². The predicted molar refractivity (Wildman–Crippen MR) is 76.4 cm³/mol. The average Bonchev–Trinajstić information content (AvgIpc) is 2.93. The van der Waals surface area contributed by atoms with Gasteiger partial charge in [-0.25, -0.2) is 4.98 Å². The van der Waals surface area contributed by atoms with Gasteiger partial charge in [-0.15, -0.1) is 12.4 Å². The van der Waals surface area contributed by atoms with Crippen LogP contribution in [0.2, 0.25) is 0 Å². The van der Waals surface area contributed by atoms with Gasteiger partial charge in [0.05, 0.1) is 13.2 Å². The van der Waals surface area contributed by atoms with E-state index in [4.69, 9.17) is 9.47 Å². The number of aromatic nitrogens is 1. The molecule has 0 radical (unpaired) electrons. The number of hydrogen-bond donors (Lipinski definition) is 1. The Hall–Kier alpha value is -1.04. The number of pyridine rings is 1. The number of rotatable bonds is 3. The standard InChI is InChI=1S/C13H19N3O2.ClH/c1-2-12(16-6-8-17-9-7-16)13(15-4-1)18-11-3-5-14-10-11;/h1-2,4,11,14H,3,5-10H2;1H/t11-;/m1./s1. The first kappa shape index (κ1) is 14.4. The van der Waals surface area contributed by atoms with E-state index < -0.39 is 0 Å². The van der Waals surface area contributed by atoms with Gasteiger partial charge in [-0.1, -0.05) is 0 Å². The lowest BCUT2D eigenvalue weighted by molar-refractivity contribution is 0.122. The molecule has 19 heavy (non-hydrogen) atoms. The van der Waals surface area contributed by atoms with Crippen LogP contribution >= 0.6 is 12.4 Å². The SMILES string of the molecule is Cl.c1cnc(O[C@@H]2CCNC2)c(N2CCOCC2)c1. The number of halogens is 1. The van der Waals surface area contributed by atoms with Crippen LogP contribution < -0.4 is 15.0 Å². The monoisotopic (exact) mass is 285 g/mol. The summed E-state index contributed by atoms with van der Waals surface area (Å²) in [5.74, 6) is 0.758. The molecule has 3 rings (SSSR count). The summed E-state index contributed by atoms with van der Waals surface area (Å²) >= 11 is 0. The predicted octanol–water partition coefficient (Wildman–Crippen LogP) is 1.08. The lowest BCUT2D eigenvalue weighted by Crippen LogP contribution is -2.36. The summed E-state index contributed by atoms with van der Waals surface area (Å²) < 4.78 is 11.4. The molecule has 0 saturated carbocycles. The van der Waals surface area contributed by atoms with Crippen molar-refractivity contribution in [3.05, 3.63) is 18.3 Å². The van der Waals surface area contributed by atoms with Crippen LogP contribution in [0, 0.1) is 0 Å². The number of nitrogens with one attached hydrogen (secondary N) is 1. The molecular weight excluding hydrogens is 266 g/mol. The third-order valence-electron chi connectivity index (χ3n) is 3.40. The second-order valence-corrected chi connectivity index (χ2v) is 4.66. The van der Waals surface area contributed by atoms with E-state index in [0.29, 0.717) is 0 Å². The van der Waals surface area contributed by atoms with Gasteiger partial charge < -0.3 is 19.7 Å². The van der Waals surface area contributed by atoms with E-state index in [-0.39, 0.29) is 18.5 Å². The van der Waals surface area contributed by atoms with Crippen molar-refractivity contribution in [1.82, 2.24) is 10.3 Å². The van der Waals surface area contributed by atoms with Crippen molar-refractivity contribution in [3.63, 3.8) is 0 Å². The Morgan fingerprint density at radius 3 is 2.95 bits per heavy atom. The largest absolute Gasteiger partial charge is 0.471 e. The van der Waals surface area contributed by atoms with Gasteiger partial charge in [0.2, 0.25) is 5.88 Å². The Bertz CT molecular complexity index is 393. The molecule has 1 aromatic heterocycles. The van der Waals surface area contributed by atoms with Gasteiger partial charge >= 0.3 is 0 Å². The summed E-state index contributed by atoms with van der Waals surface area (Å²) in [6, 6.07) is 4.04. The lowest BCUT2D eigenvalue weighted by Gasteiger charge is -2.30. The zero-order valence-electron chi connectivity index (χ0n) is 10.9. The Labute approximate surface area is 119 Å². The number of ether oxygens (including phenoxy) is 2. The van der Waals surface area contributed by atoms with Crippen molar-refractivity contribution in [1.29, 1.82) is 0 Å². The molecule has 2 aliphatic heterocycles. The van der Waals surface area contributed by atoms with Crippen LogP contribution in [0.1, 0.15) is 6.42 Å². The minimum atomic E-state index is 0. The second kappa shape index (κ2) is 6.93. The molecule has 0 bridgehead atoms. The fourth-order valence-electron chi connectivity index (χ4n) is 2.40. The van der Waals surface area contributed by atoms with Gasteiger partial charge in [-0.3, -0.25) is 0 Å². The van der Waals surface area contributed by atoms with E-state index in [1.165, 1.54) is 0 Å². The fraction of sp³-hybridized carbons (Fsp3) is 0.615. The van der Waals surface area contributed by atoms with Crippen molar-refractivity contribution in [2.45, 2.75) is 12.5 Å². The van der Waals surface area contributed by atoms with Gasteiger partial charge in [0.15, 0.2) is 0 Å². The zero-order chi connectivity index (χ0) is 12.2. The number of hydrogen-bond acceptors (Lipinski definition) is 5. The minimum absolute atomic E-state index is 0. The molecule has 0 amide bonds. The highest BCUT2D eigenvalue weighted by Crippen LogP contribution is 2.27. The third-order valence-corrected chi connectivity index (χ3v) is 3.40. The average molecular weight is 286 g/mol. The molecule has 106 valence electrons. The molecule has 0 aromatic carbocycles. The third kappa shape index (κ3) is 3.49. The molecule has 0 aliphatic carbocycles. The van der Waals surface area contributed by atoms with Crippen molar-refractivity contribution < 1.29 is 9.47 Å². The Kier molecular flexibility index (Phi) is 5.24. The first-order chi connectivity index (χ1) is 8.93. The molecule has 0 unspecified atom stereocenters. The van der Waals surface area contributed by atoms with Crippen molar-refractivity contribution in [3.8, 4) is 5.88 Å². The summed E-state index contributed by atoms with van der Waals surface area (Å²) in [6.07, 6.45) is 3.10. The number of anilines is 1. The fourth-order valence-corrected chi connectivity index (χ4v) is 2.40. The maximum Gasteiger partial charge on any atom is 0.237 e. The molecule has 1 atom stereocenters. The number of morpholine rings is 1. The Morgan fingerprint density at radius 1 is 1.37 bits per heavy atom. The lowest BCUT2D eigenvalue weighted by atomic mass is 10.3. The highest BCUT2D eigenvalue weighted by Gasteiger charge is 2.21. The van der Waals surface area contributed by atoms with Crippen molar-refractivity contribution in [2.75, 3.05) is 44.3 Å². The van der Waals surface area contributed by atoms with E-state index in [2.05, 4.69) is 21.3 Å². The van der Waals surface area contributed by atoms with Crippen molar-refractivity contribution in [2.24, 2.45) is 0 Å². The number of nitrogens with zero attached hydrogens (tertiary/aromatic N) is 2. The first-order valence-electron chi connectivity index (χ1n) is 6.58. The van der Waals surface area contributed by atoms with Gasteiger partial charge in [0, 0.05) is 25.8 Å². The topological polar surface area (TPSA) is 46.6 Å². The van der Waals surface area contributed by atoms with E-state index in [1.54, 1.807) is 6.20 Å². The summed E-state index contributed by atoms with van der Waals surface area (Å²) in [5.41, 5.74) is 1.09. The smallest absolute Gasteiger partial charge is 0.237 e. The maximum atomic E-state index is 6.00. The molecule has 2 aliphatic rings. The zero-order valence-corrected chi connectivity index (χ0v) is 11.7. The van der Waals surface area contributed by atoms with Crippen LogP contribution in [-0.4, -0.2) is 50.5 Å². The van der Waals surface area contributed by atoms with Gasteiger partial charge in [-0.2, -0.15) is 0 Å². The van der Waals surface area contributed by atoms with Crippen LogP contribution in [0.4, 0.5) is 5.69 Å². The Balaban J connectivity index is 0.00000133. The van der Waals surface area contributed by atoms with E-state index >= 15 is 0 Å². The summed E-state index contributed by atoms with van der Waals surface area (Å²) in [5, 5.41) is 3.31. The Morgan fingerprint density at radius 2 is 2.21 bits per heavy atom. The maximum absolute atomic E-state index is 6.00. The van der Waals surface area contributed by atoms with Crippen LogP contribution in [0.3, 0.4) is 0 Å². The molecule has 2 saturated heterocycles. The molecule has 1 N–H and O–H groups in total. The van der Waals surface area contributed by atoms with Crippen LogP contribution in [-0.2, 0) is 4.74 Å². The quantitative estimate of drug-likeness (QED) is 0.901. The van der Waals surface area contributed by atoms with Gasteiger partial charge in [-0.05, 0) is 25.1 Å². The van der Waals surface area contributed by atoms with Gasteiger partial charge in [0.25, 0.3) is 0 Å². The highest BCUT2D eigenvalue weighted by molar-refractivity contribution is 5.85. The normalized spacial score (nSPS) is 22.9. The minimum Gasteiger partial charge on any atom is -0.471 e. The molecule has 3 heterocycles. The first-order valence-corrected chi connectivity index (χ1v) is 6.58. The molecule has 0 spiro atoms. The van der Waals surface area contributed by atoms with Gasteiger partial charge in [0.1, 0.15) is 11.8 Å². The summed E-state index contributed by atoms with van der Waals surface area (Å²) in [6.45, 7) is 5.32. The molecule has 6 heteroatoms. The second-order valence-electron chi connectivity index (χ2n) is 4.66. The summed E-state index contributed by atoms with van der Waals surface area (Å²) in [4.78, 5) is 6.67. The molecule has 5 nitrogen and oxygen atoms in total. The van der Waals surface area contributed by atoms with E-state index in [0.717, 1.165) is 57.4 Å². The molecule has 1 aromatic rings.